The first-order valence-electron chi connectivity index (χ1n) is 9.88. The van der Waals surface area contributed by atoms with E-state index in [9.17, 15) is 9.59 Å². The van der Waals surface area contributed by atoms with E-state index in [1.807, 2.05) is 17.0 Å². The van der Waals surface area contributed by atoms with Crippen molar-refractivity contribution in [2.45, 2.75) is 6.54 Å². The van der Waals surface area contributed by atoms with Crippen LogP contribution < -0.4 is 5.73 Å². The number of rotatable bonds is 5. The molecule has 0 spiro atoms. The van der Waals surface area contributed by atoms with Crippen molar-refractivity contribution >= 4 is 17.5 Å². The average Bonchev–Trinajstić information content (AvgIpc) is 2.79. The third-order valence-corrected chi connectivity index (χ3v) is 5.20. The summed E-state index contributed by atoms with van der Waals surface area (Å²) in [5.41, 5.74) is 8.36. The van der Waals surface area contributed by atoms with Gasteiger partial charge in [-0.1, -0.05) is 18.2 Å². The fourth-order valence-corrected chi connectivity index (χ4v) is 3.55. The lowest BCUT2D eigenvalue weighted by atomic mass is 10.0. The van der Waals surface area contributed by atoms with Gasteiger partial charge in [-0.25, -0.2) is 4.98 Å². The topological polar surface area (TPSA) is 92.4 Å². The Labute approximate surface area is 175 Å². The first kappa shape index (κ1) is 19.7. The Morgan fingerprint density at radius 3 is 2.27 bits per heavy atom. The lowest BCUT2D eigenvalue weighted by molar-refractivity contribution is 0.0628. The summed E-state index contributed by atoms with van der Waals surface area (Å²) in [6, 6.07) is 15.9. The number of hydrogen-bond donors (Lipinski definition) is 1. The lowest BCUT2D eigenvalue weighted by Gasteiger charge is -2.34. The zero-order valence-electron chi connectivity index (χ0n) is 16.6. The Bertz CT molecular complexity index is 1030. The lowest BCUT2D eigenvalue weighted by Crippen LogP contribution is -2.48. The second-order valence-corrected chi connectivity index (χ2v) is 7.28. The number of amides is 1. The number of anilines is 1. The van der Waals surface area contributed by atoms with Gasteiger partial charge in [0.25, 0.3) is 5.91 Å². The van der Waals surface area contributed by atoms with Gasteiger partial charge in [0.15, 0.2) is 0 Å². The number of nitrogen functional groups attached to an aromatic ring is 1. The summed E-state index contributed by atoms with van der Waals surface area (Å²) in [6.07, 6.45) is 3.31. The van der Waals surface area contributed by atoms with Gasteiger partial charge in [-0.2, -0.15) is 0 Å². The summed E-state index contributed by atoms with van der Waals surface area (Å²) in [4.78, 5) is 37.6. The molecule has 30 heavy (non-hydrogen) atoms. The second kappa shape index (κ2) is 8.84. The Kier molecular flexibility index (Phi) is 5.81. The van der Waals surface area contributed by atoms with Gasteiger partial charge in [0.1, 0.15) is 11.5 Å². The van der Waals surface area contributed by atoms with E-state index in [0.717, 1.165) is 25.2 Å². The molecule has 0 atom stereocenters. The first-order chi connectivity index (χ1) is 14.6. The van der Waals surface area contributed by atoms with Gasteiger partial charge < -0.3 is 10.6 Å². The van der Waals surface area contributed by atoms with E-state index >= 15 is 0 Å². The molecule has 1 fully saturated rings. The standard InChI is InChI=1S/C23H23N5O2/c24-21-15-17(8-10-26-21)16-27-11-13-28(14-12-27)23(30)19-6-4-18(5-7-19)22(29)20-3-1-2-9-25-20/h1-10,15H,11-14,16H2,(H2,24,26). The van der Waals surface area contributed by atoms with Crippen LogP contribution in [0.3, 0.4) is 0 Å². The summed E-state index contributed by atoms with van der Waals surface area (Å²) in [5.74, 6) is 0.353. The van der Waals surface area contributed by atoms with Crippen LogP contribution in [0.25, 0.3) is 0 Å². The summed E-state index contributed by atoms with van der Waals surface area (Å²) in [5, 5.41) is 0. The number of benzene rings is 1. The van der Waals surface area contributed by atoms with Crippen molar-refractivity contribution in [3.8, 4) is 0 Å². The molecular formula is C23H23N5O2. The number of hydrogen-bond acceptors (Lipinski definition) is 6. The Balaban J connectivity index is 1.34. The maximum atomic E-state index is 12.8. The molecule has 0 aliphatic carbocycles. The van der Waals surface area contributed by atoms with E-state index in [-0.39, 0.29) is 11.7 Å². The molecule has 0 saturated carbocycles. The van der Waals surface area contributed by atoms with Crippen molar-refractivity contribution in [2.75, 3.05) is 31.9 Å². The number of carbonyl (C=O) groups excluding carboxylic acids is 2. The van der Waals surface area contributed by atoms with Crippen LogP contribution in [0.15, 0.2) is 67.0 Å². The molecule has 1 aliphatic rings. The van der Waals surface area contributed by atoms with Crippen LogP contribution in [-0.2, 0) is 6.54 Å². The van der Waals surface area contributed by atoms with Gasteiger partial charge in [-0.15, -0.1) is 0 Å². The van der Waals surface area contributed by atoms with Gasteiger partial charge in [0.2, 0.25) is 5.78 Å². The van der Waals surface area contributed by atoms with Crippen LogP contribution in [0.4, 0.5) is 5.82 Å². The summed E-state index contributed by atoms with van der Waals surface area (Å²) in [7, 11) is 0. The molecule has 2 aromatic heterocycles. The zero-order chi connectivity index (χ0) is 20.9. The molecule has 1 aliphatic heterocycles. The van der Waals surface area contributed by atoms with Gasteiger partial charge in [-0.3, -0.25) is 19.5 Å². The maximum Gasteiger partial charge on any atom is 0.253 e. The average molecular weight is 401 g/mol. The predicted octanol–water partition coefficient (Wildman–Crippen LogP) is 2.25. The highest BCUT2D eigenvalue weighted by Crippen LogP contribution is 2.14. The molecule has 3 aromatic rings. The SMILES string of the molecule is Nc1cc(CN2CCN(C(=O)c3ccc(C(=O)c4ccccn4)cc3)CC2)ccn1. The number of ketones is 1. The van der Waals surface area contributed by atoms with Crippen LogP contribution in [0.2, 0.25) is 0 Å². The van der Waals surface area contributed by atoms with Crippen molar-refractivity contribution in [2.24, 2.45) is 0 Å². The monoisotopic (exact) mass is 401 g/mol. The van der Waals surface area contributed by atoms with E-state index in [4.69, 9.17) is 5.73 Å². The molecule has 0 unspecified atom stereocenters. The highest BCUT2D eigenvalue weighted by Gasteiger charge is 2.22. The Hall–Kier alpha value is -3.58. The Morgan fingerprint density at radius 1 is 0.867 bits per heavy atom. The van der Waals surface area contributed by atoms with Crippen LogP contribution in [0, 0.1) is 0 Å². The number of carbonyl (C=O) groups is 2. The first-order valence-corrected chi connectivity index (χ1v) is 9.88. The third-order valence-electron chi connectivity index (χ3n) is 5.20. The van der Waals surface area contributed by atoms with E-state index in [0.29, 0.717) is 35.7 Å². The smallest absolute Gasteiger partial charge is 0.253 e. The van der Waals surface area contributed by atoms with Gasteiger partial charge in [0, 0.05) is 56.2 Å². The number of piperazine rings is 1. The largest absolute Gasteiger partial charge is 0.384 e. The molecule has 0 radical (unpaired) electrons. The molecular weight excluding hydrogens is 378 g/mol. The van der Waals surface area contributed by atoms with Gasteiger partial charge in [0.05, 0.1) is 0 Å². The van der Waals surface area contributed by atoms with Gasteiger partial charge in [-0.05, 0) is 42.0 Å². The highest BCUT2D eigenvalue weighted by atomic mass is 16.2. The van der Waals surface area contributed by atoms with Crippen molar-refractivity contribution in [3.05, 3.63) is 89.4 Å². The maximum absolute atomic E-state index is 12.8. The molecule has 7 nitrogen and oxygen atoms in total. The highest BCUT2D eigenvalue weighted by molar-refractivity contribution is 6.08. The predicted molar refractivity (Wildman–Crippen MR) is 114 cm³/mol. The van der Waals surface area contributed by atoms with Crippen LogP contribution in [-0.4, -0.2) is 57.6 Å². The zero-order valence-corrected chi connectivity index (χ0v) is 16.6. The van der Waals surface area contributed by atoms with Crippen molar-refractivity contribution in [1.29, 1.82) is 0 Å². The minimum Gasteiger partial charge on any atom is -0.384 e. The fraction of sp³-hybridized carbons (Fsp3) is 0.217. The van der Waals surface area contributed by atoms with Crippen molar-refractivity contribution in [1.82, 2.24) is 19.8 Å². The fourth-order valence-electron chi connectivity index (χ4n) is 3.55. The molecule has 1 aromatic carbocycles. The minimum absolute atomic E-state index is 0.0142. The van der Waals surface area contributed by atoms with E-state index in [1.165, 1.54) is 0 Å². The minimum atomic E-state index is -0.153. The number of aromatic nitrogens is 2. The van der Waals surface area contributed by atoms with E-state index in [2.05, 4.69) is 14.9 Å². The molecule has 1 saturated heterocycles. The summed E-state index contributed by atoms with van der Waals surface area (Å²) in [6.45, 7) is 3.70. The van der Waals surface area contributed by atoms with Crippen LogP contribution in [0.1, 0.15) is 32.0 Å². The molecule has 2 N–H and O–H groups in total. The Morgan fingerprint density at radius 2 is 1.60 bits per heavy atom. The van der Waals surface area contributed by atoms with E-state index in [1.54, 1.807) is 54.9 Å². The molecule has 3 heterocycles. The number of pyridine rings is 2. The summed E-state index contributed by atoms with van der Waals surface area (Å²) >= 11 is 0. The summed E-state index contributed by atoms with van der Waals surface area (Å²) < 4.78 is 0. The molecule has 0 bridgehead atoms. The normalized spacial score (nSPS) is 14.5. The van der Waals surface area contributed by atoms with Crippen molar-refractivity contribution < 1.29 is 9.59 Å². The third kappa shape index (κ3) is 4.52. The number of nitrogens with two attached hydrogens (primary N) is 1. The van der Waals surface area contributed by atoms with E-state index < -0.39 is 0 Å². The second-order valence-electron chi connectivity index (χ2n) is 7.28. The molecule has 7 heteroatoms. The molecule has 152 valence electrons. The van der Waals surface area contributed by atoms with Crippen LogP contribution in [0.5, 0.6) is 0 Å². The van der Waals surface area contributed by atoms with Gasteiger partial charge >= 0.3 is 0 Å². The van der Waals surface area contributed by atoms with Crippen LogP contribution >= 0.6 is 0 Å². The molecule has 4 rings (SSSR count). The number of nitrogens with zero attached hydrogens (tertiary/aromatic N) is 4. The quantitative estimate of drug-likeness (QED) is 0.659. The molecule has 1 amide bonds. The van der Waals surface area contributed by atoms with Crippen molar-refractivity contribution in [3.63, 3.8) is 0 Å².